The molecule has 0 radical (unpaired) electrons. The van der Waals surface area contributed by atoms with Gasteiger partial charge in [-0.15, -0.1) is 0 Å². The number of aliphatic hydroxyl groups is 3. The van der Waals surface area contributed by atoms with E-state index in [1.807, 2.05) is 0 Å². The van der Waals surface area contributed by atoms with Crippen LogP contribution in [-0.4, -0.2) is 47.0 Å². The second-order valence-electron chi connectivity index (χ2n) is 2.42. The highest BCUT2D eigenvalue weighted by Crippen LogP contribution is 2.08. The summed E-state index contributed by atoms with van der Waals surface area (Å²) in [6.45, 7) is -1.57. The monoisotopic (exact) mass is 197 g/mol. The van der Waals surface area contributed by atoms with E-state index in [2.05, 4.69) is 5.32 Å². The minimum absolute atomic E-state index is 0.378. The highest BCUT2D eigenvalue weighted by Gasteiger charge is 2.28. The van der Waals surface area contributed by atoms with Crippen molar-refractivity contribution in [2.24, 2.45) is 0 Å². The molecule has 0 rings (SSSR count). The van der Waals surface area contributed by atoms with Gasteiger partial charge in [-0.3, -0.25) is 5.32 Å². The number of hydrogen-bond donors (Lipinski definition) is 4. The zero-order chi connectivity index (χ0) is 9.61. The van der Waals surface area contributed by atoms with E-state index in [4.69, 9.17) is 15.3 Å². The van der Waals surface area contributed by atoms with Crippen LogP contribution >= 0.6 is 8.03 Å². The molecule has 0 aliphatic heterocycles. The Labute approximate surface area is 70.7 Å². The first kappa shape index (κ1) is 11.9. The minimum atomic E-state index is -2.63. The molecule has 0 aromatic rings. The molecule has 1 atom stereocenters. The summed E-state index contributed by atoms with van der Waals surface area (Å²) in [4.78, 5) is 10.1. The van der Waals surface area contributed by atoms with Crippen LogP contribution in [0.3, 0.4) is 0 Å². The Morgan fingerprint density at radius 1 is 1.25 bits per heavy atom. The fourth-order valence-corrected chi connectivity index (χ4v) is 1.01. The van der Waals surface area contributed by atoms with Gasteiger partial charge in [0.05, 0.1) is 25.4 Å². The summed E-state index contributed by atoms with van der Waals surface area (Å²) < 4.78 is 10.1. The van der Waals surface area contributed by atoms with E-state index in [1.165, 1.54) is 0 Å². The third-order valence-electron chi connectivity index (χ3n) is 1.49. The standard InChI is InChI=1S/C5H12NO5P/c7-1-5(2-8,3-9)6-4-12(10)11/h6-9H,1-4H2. The Bertz CT molecular complexity index is 141. The van der Waals surface area contributed by atoms with Crippen LogP contribution < -0.4 is 10.2 Å². The SMILES string of the molecule is O=[P+]([O-])CNC(CO)(CO)CO. The highest BCUT2D eigenvalue weighted by molar-refractivity contribution is 7.36. The Kier molecular flexibility index (Phi) is 5.48. The van der Waals surface area contributed by atoms with Crippen molar-refractivity contribution in [1.82, 2.24) is 5.32 Å². The van der Waals surface area contributed by atoms with E-state index in [0.29, 0.717) is 0 Å². The van der Waals surface area contributed by atoms with Gasteiger partial charge in [0.1, 0.15) is 0 Å². The fourth-order valence-electron chi connectivity index (χ4n) is 0.550. The molecule has 0 saturated carbocycles. The predicted molar refractivity (Wildman–Crippen MR) is 39.6 cm³/mol. The van der Waals surface area contributed by atoms with Crippen LogP contribution in [0, 0.1) is 0 Å². The van der Waals surface area contributed by atoms with Crippen LogP contribution in [0.1, 0.15) is 0 Å². The lowest BCUT2D eigenvalue weighted by molar-refractivity contribution is -0.165. The number of hydrogen-bond acceptors (Lipinski definition) is 6. The molecule has 0 saturated heterocycles. The summed E-state index contributed by atoms with van der Waals surface area (Å²) in [5, 5.41) is 28.5. The van der Waals surface area contributed by atoms with Crippen molar-refractivity contribution in [2.45, 2.75) is 5.54 Å². The van der Waals surface area contributed by atoms with Gasteiger partial charge >= 0.3 is 8.03 Å². The van der Waals surface area contributed by atoms with Crippen molar-refractivity contribution < 1.29 is 24.8 Å². The van der Waals surface area contributed by atoms with Crippen LogP contribution in [0.5, 0.6) is 0 Å². The van der Waals surface area contributed by atoms with Gasteiger partial charge in [0.25, 0.3) is 0 Å². The van der Waals surface area contributed by atoms with E-state index < -0.39 is 33.4 Å². The molecule has 0 aliphatic carbocycles. The first-order valence-electron chi connectivity index (χ1n) is 3.29. The maximum absolute atomic E-state index is 10.1. The van der Waals surface area contributed by atoms with Crippen LogP contribution in [0.2, 0.25) is 0 Å². The van der Waals surface area contributed by atoms with Gasteiger partial charge in [0.2, 0.25) is 0 Å². The molecule has 1 unspecified atom stereocenters. The quantitative estimate of drug-likeness (QED) is 0.346. The molecule has 0 aromatic carbocycles. The van der Waals surface area contributed by atoms with Gasteiger partial charge in [-0.05, 0) is 0 Å². The Balaban J connectivity index is 4.01. The summed E-state index contributed by atoms with van der Waals surface area (Å²) in [6, 6.07) is 0. The first-order chi connectivity index (χ1) is 5.60. The molecule has 0 heterocycles. The Hall–Kier alpha value is -0.100. The van der Waals surface area contributed by atoms with E-state index in [-0.39, 0.29) is 6.29 Å². The zero-order valence-corrected chi connectivity index (χ0v) is 7.33. The predicted octanol–water partition coefficient (Wildman–Crippen LogP) is -2.65. The van der Waals surface area contributed by atoms with Crippen molar-refractivity contribution in [2.75, 3.05) is 26.1 Å². The van der Waals surface area contributed by atoms with E-state index in [0.717, 1.165) is 0 Å². The van der Waals surface area contributed by atoms with Crippen molar-refractivity contribution in [3.63, 3.8) is 0 Å². The second kappa shape index (κ2) is 5.53. The van der Waals surface area contributed by atoms with E-state index in [1.54, 1.807) is 0 Å². The van der Waals surface area contributed by atoms with Crippen molar-refractivity contribution >= 4 is 8.03 Å². The molecule has 4 N–H and O–H groups in total. The molecule has 0 bridgehead atoms. The fraction of sp³-hybridized carbons (Fsp3) is 1.00. The molecule has 7 heteroatoms. The molecule has 0 aromatic heterocycles. The molecule has 0 fully saturated rings. The maximum atomic E-state index is 10.1. The Morgan fingerprint density at radius 3 is 1.92 bits per heavy atom. The first-order valence-corrected chi connectivity index (χ1v) is 4.66. The Morgan fingerprint density at radius 2 is 1.67 bits per heavy atom. The number of nitrogens with one attached hydrogen (secondary N) is 1. The lowest BCUT2D eigenvalue weighted by atomic mass is 10.0. The molecule has 6 nitrogen and oxygen atoms in total. The van der Waals surface area contributed by atoms with Gasteiger partial charge in [0, 0.05) is 0 Å². The van der Waals surface area contributed by atoms with Gasteiger partial charge in [-0.25, -0.2) is 0 Å². The summed E-state index contributed by atoms with van der Waals surface area (Å²) in [7, 11) is -2.63. The third-order valence-corrected chi connectivity index (χ3v) is 1.91. The normalized spacial score (nSPS) is 13.2. The molecule has 12 heavy (non-hydrogen) atoms. The van der Waals surface area contributed by atoms with Crippen LogP contribution in [0.4, 0.5) is 0 Å². The molecular formula is C5H12NO5P. The highest BCUT2D eigenvalue weighted by atomic mass is 31.1. The molecule has 0 spiro atoms. The lowest BCUT2D eigenvalue weighted by Crippen LogP contribution is -2.54. The van der Waals surface area contributed by atoms with Gasteiger partial charge in [-0.2, -0.15) is 0 Å². The lowest BCUT2D eigenvalue weighted by Gasteiger charge is -2.26. The smallest absolute Gasteiger partial charge is 0.324 e. The zero-order valence-electron chi connectivity index (χ0n) is 6.43. The van der Waals surface area contributed by atoms with Gasteiger partial charge in [-0.1, -0.05) is 4.57 Å². The van der Waals surface area contributed by atoms with Crippen molar-refractivity contribution in [3.8, 4) is 0 Å². The topological polar surface area (TPSA) is 113 Å². The van der Waals surface area contributed by atoms with Crippen LogP contribution in [0.15, 0.2) is 0 Å². The minimum Gasteiger partial charge on any atom is -0.594 e. The average molecular weight is 197 g/mol. The van der Waals surface area contributed by atoms with Gasteiger partial charge in [0.15, 0.2) is 6.29 Å². The average Bonchev–Trinajstić information content (AvgIpc) is 2.08. The van der Waals surface area contributed by atoms with Crippen molar-refractivity contribution in [1.29, 1.82) is 0 Å². The summed E-state index contributed by atoms with van der Waals surface area (Å²) in [5.74, 6) is 0. The number of rotatable bonds is 6. The molecule has 0 amide bonds. The molecule has 72 valence electrons. The number of aliphatic hydroxyl groups excluding tert-OH is 3. The summed E-state index contributed by atoms with van der Waals surface area (Å²) in [5.41, 5.74) is -1.31. The van der Waals surface area contributed by atoms with Crippen LogP contribution in [-0.2, 0) is 4.57 Å². The maximum Gasteiger partial charge on any atom is 0.324 e. The van der Waals surface area contributed by atoms with Crippen LogP contribution in [0.25, 0.3) is 0 Å². The molecule has 0 aliphatic rings. The summed E-state index contributed by atoms with van der Waals surface area (Å²) >= 11 is 0. The third kappa shape index (κ3) is 3.53. The second-order valence-corrected chi connectivity index (χ2v) is 3.40. The van der Waals surface area contributed by atoms with E-state index >= 15 is 0 Å². The molecular weight excluding hydrogens is 185 g/mol. The van der Waals surface area contributed by atoms with Gasteiger partial charge < -0.3 is 20.2 Å². The summed E-state index contributed by atoms with van der Waals surface area (Å²) in [6.07, 6.45) is -0.378. The van der Waals surface area contributed by atoms with E-state index in [9.17, 15) is 9.46 Å². The largest absolute Gasteiger partial charge is 0.594 e. The van der Waals surface area contributed by atoms with Crippen molar-refractivity contribution in [3.05, 3.63) is 0 Å².